The molecule has 0 saturated carbocycles. The third kappa shape index (κ3) is 2.77. The zero-order valence-corrected chi connectivity index (χ0v) is 12.2. The normalized spacial score (nSPS) is 19.5. The van der Waals surface area contributed by atoms with Crippen molar-refractivity contribution in [2.45, 2.75) is 19.4 Å². The van der Waals surface area contributed by atoms with Crippen LogP contribution in [0.1, 0.15) is 19.4 Å². The number of benzene rings is 1. The molecule has 4 nitrogen and oxygen atoms in total. The van der Waals surface area contributed by atoms with Crippen molar-refractivity contribution in [1.82, 2.24) is 10.6 Å². The van der Waals surface area contributed by atoms with Crippen LogP contribution in [0.3, 0.4) is 0 Å². The lowest BCUT2D eigenvalue weighted by atomic mass is 10.0. The first-order valence-corrected chi connectivity index (χ1v) is 6.82. The van der Waals surface area contributed by atoms with Gasteiger partial charge in [-0.15, -0.1) is 0 Å². The molecule has 2 heterocycles. The summed E-state index contributed by atoms with van der Waals surface area (Å²) in [5, 5.41) is 6.97. The zero-order chi connectivity index (χ0) is 14.2. The molecular formula is C15H16N2O2S. The summed E-state index contributed by atoms with van der Waals surface area (Å²) >= 11 is 5.19. The SMILES string of the molecule is CC1(C)C=C(/C=C/c2ccc3c(c2)OCO3)NC(=S)N1. The number of allylic oxidation sites excluding steroid dienone is 1. The van der Waals surface area contributed by atoms with E-state index in [-0.39, 0.29) is 5.54 Å². The van der Waals surface area contributed by atoms with Crippen molar-refractivity contribution in [2.24, 2.45) is 0 Å². The minimum atomic E-state index is -0.142. The van der Waals surface area contributed by atoms with Crippen molar-refractivity contribution in [1.29, 1.82) is 0 Å². The Kier molecular flexibility index (Phi) is 3.14. The van der Waals surface area contributed by atoms with Crippen LogP contribution in [0.4, 0.5) is 0 Å². The van der Waals surface area contributed by atoms with Crippen LogP contribution >= 0.6 is 12.2 Å². The van der Waals surface area contributed by atoms with Gasteiger partial charge in [-0.2, -0.15) is 0 Å². The Morgan fingerprint density at radius 2 is 2.00 bits per heavy atom. The summed E-state index contributed by atoms with van der Waals surface area (Å²) in [6.07, 6.45) is 6.13. The lowest BCUT2D eigenvalue weighted by Crippen LogP contribution is -2.51. The molecule has 2 aliphatic heterocycles. The van der Waals surface area contributed by atoms with Gasteiger partial charge in [0.1, 0.15) is 0 Å². The number of rotatable bonds is 2. The van der Waals surface area contributed by atoms with Crippen LogP contribution in [-0.4, -0.2) is 17.4 Å². The Hall–Kier alpha value is -2.01. The van der Waals surface area contributed by atoms with Gasteiger partial charge in [-0.1, -0.05) is 12.1 Å². The minimum absolute atomic E-state index is 0.142. The number of ether oxygens (including phenoxy) is 2. The smallest absolute Gasteiger partial charge is 0.231 e. The summed E-state index contributed by atoms with van der Waals surface area (Å²) in [5.41, 5.74) is 1.90. The highest BCUT2D eigenvalue weighted by Crippen LogP contribution is 2.32. The maximum Gasteiger partial charge on any atom is 0.231 e. The lowest BCUT2D eigenvalue weighted by Gasteiger charge is -2.30. The average molecular weight is 288 g/mol. The summed E-state index contributed by atoms with van der Waals surface area (Å²) in [6.45, 7) is 4.45. The van der Waals surface area contributed by atoms with Gasteiger partial charge in [0.25, 0.3) is 0 Å². The molecule has 0 fully saturated rings. The van der Waals surface area contributed by atoms with E-state index in [0.29, 0.717) is 11.9 Å². The third-order valence-corrected chi connectivity index (χ3v) is 3.27. The molecule has 0 spiro atoms. The minimum Gasteiger partial charge on any atom is -0.454 e. The molecule has 104 valence electrons. The number of thiocarbonyl (C=S) groups is 1. The molecule has 0 unspecified atom stereocenters. The van der Waals surface area contributed by atoms with Crippen molar-refractivity contribution < 1.29 is 9.47 Å². The Bertz CT molecular complexity index is 620. The monoisotopic (exact) mass is 288 g/mol. The van der Waals surface area contributed by atoms with E-state index in [1.54, 1.807) is 0 Å². The zero-order valence-electron chi connectivity index (χ0n) is 11.4. The summed E-state index contributed by atoms with van der Waals surface area (Å²) in [7, 11) is 0. The van der Waals surface area contributed by atoms with Crippen LogP contribution in [0.25, 0.3) is 6.08 Å². The van der Waals surface area contributed by atoms with Crippen molar-refractivity contribution in [3.8, 4) is 11.5 Å². The molecule has 2 N–H and O–H groups in total. The number of nitrogens with one attached hydrogen (secondary N) is 2. The second kappa shape index (κ2) is 4.83. The van der Waals surface area contributed by atoms with Gasteiger partial charge in [0, 0.05) is 5.70 Å². The fraction of sp³-hybridized carbons (Fsp3) is 0.267. The summed E-state index contributed by atoms with van der Waals surface area (Å²) in [5.74, 6) is 1.58. The first kappa shape index (κ1) is 13.0. The maximum absolute atomic E-state index is 5.36. The van der Waals surface area contributed by atoms with Crippen LogP contribution in [0.5, 0.6) is 11.5 Å². The van der Waals surface area contributed by atoms with Gasteiger partial charge >= 0.3 is 0 Å². The second-order valence-electron chi connectivity index (χ2n) is 5.35. The number of fused-ring (bicyclic) bond motifs is 1. The molecule has 1 aromatic carbocycles. The Morgan fingerprint density at radius 1 is 1.20 bits per heavy atom. The van der Waals surface area contributed by atoms with Crippen LogP contribution in [0.2, 0.25) is 0 Å². The highest BCUT2D eigenvalue weighted by Gasteiger charge is 2.21. The summed E-state index contributed by atoms with van der Waals surface area (Å²) in [4.78, 5) is 0. The predicted molar refractivity (Wildman–Crippen MR) is 82.6 cm³/mol. The van der Waals surface area contributed by atoms with Gasteiger partial charge in [-0.3, -0.25) is 0 Å². The first-order chi connectivity index (χ1) is 9.52. The van der Waals surface area contributed by atoms with Crippen molar-refractivity contribution in [3.63, 3.8) is 0 Å². The summed E-state index contributed by atoms with van der Waals surface area (Å²) in [6, 6.07) is 5.87. The third-order valence-electron chi connectivity index (χ3n) is 3.06. The molecule has 3 rings (SSSR count). The average Bonchev–Trinajstić information content (AvgIpc) is 2.81. The molecule has 0 radical (unpaired) electrons. The molecule has 0 atom stereocenters. The molecule has 0 aromatic heterocycles. The predicted octanol–water partition coefficient (Wildman–Crippen LogP) is 2.57. The quantitative estimate of drug-likeness (QED) is 0.819. The lowest BCUT2D eigenvalue weighted by molar-refractivity contribution is 0.174. The molecule has 5 heteroatoms. The van der Waals surface area contributed by atoms with Crippen LogP contribution in [0.15, 0.2) is 36.0 Å². The Balaban J connectivity index is 1.80. The van der Waals surface area contributed by atoms with E-state index in [4.69, 9.17) is 21.7 Å². The summed E-state index contributed by atoms with van der Waals surface area (Å²) < 4.78 is 10.7. The van der Waals surface area contributed by atoms with E-state index in [1.165, 1.54) is 0 Å². The molecular weight excluding hydrogens is 272 g/mol. The topological polar surface area (TPSA) is 42.5 Å². The number of hydrogen-bond acceptors (Lipinski definition) is 3. The molecule has 0 bridgehead atoms. The largest absolute Gasteiger partial charge is 0.454 e. The van der Waals surface area contributed by atoms with Crippen LogP contribution < -0.4 is 20.1 Å². The van der Waals surface area contributed by atoms with E-state index in [1.807, 2.05) is 30.4 Å². The van der Waals surface area contributed by atoms with Gasteiger partial charge in [0.2, 0.25) is 6.79 Å². The fourth-order valence-electron chi connectivity index (χ4n) is 2.21. The molecule has 0 amide bonds. The standard InChI is InChI=1S/C15H16N2O2S/c1-15(2)8-11(16-14(20)17-15)5-3-10-4-6-12-13(7-10)19-9-18-12/h3-8H,9H2,1-2H3,(H2,16,17,20)/b5-3+. The molecule has 0 saturated heterocycles. The van der Waals surface area contributed by atoms with Crippen molar-refractivity contribution in [2.75, 3.05) is 6.79 Å². The molecule has 1 aromatic rings. The molecule has 2 aliphatic rings. The Morgan fingerprint density at radius 3 is 2.80 bits per heavy atom. The molecule has 0 aliphatic carbocycles. The maximum atomic E-state index is 5.36. The highest BCUT2D eigenvalue weighted by atomic mass is 32.1. The van der Waals surface area contributed by atoms with Crippen LogP contribution in [0, 0.1) is 0 Å². The van der Waals surface area contributed by atoms with Crippen molar-refractivity contribution in [3.05, 3.63) is 41.6 Å². The van der Waals surface area contributed by atoms with Gasteiger partial charge < -0.3 is 20.1 Å². The van der Waals surface area contributed by atoms with E-state index in [9.17, 15) is 0 Å². The fourth-order valence-corrected chi connectivity index (χ4v) is 2.59. The number of hydrogen-bond donors (Lipinski definition) is 2. The molecule has 20 heavy (non-hydrogen) atoms. The van der Waals surface area contributed by atoms with Gasteiger partial charge in [-0.25, -0.2) is 0 Å². The van der Waals surface area contributed by atoms with Crippen molar-refractivity contribution >= 4 is 23.4 Å². The van der Waals surface area contributed by atoms with Gasteiger partial charge in [-0.05, 0) is 55.9 Å². The second-order valence-corrected chi connectivity index (χ2v) is 5.75. The first-order valence-electron chi connectivity index (χ1n) is 6.42. The van der Waals surface area contributed by atoms with E-state index >= 15 is 0 Å². The van der Waals surface area contributed by atoms with E-state index in [2.05, 4.69) is 30.6 Å². The van der Waals surface area contributed by atoms with Gasteiger partial charge in [0.05, 0.1) is 5.54 Å². The Labute approximate surface area is 123 Å². The van der Waals surface area contributed by atoms with E-state index in [0.717, 1.165) is 22.8 Å². The van der Waals surface area contributed by atoms with E-state index < -0.39 is 0 Å². The highest BCUT2D eigenvalue weighted by molar-refractivity contribution is 7.80. The van der Waals surface area contributed by atoms with Crippen LogP contribution in [-0.2, 0) is 0 Å². The van der Waals surface area contributed by atoms with Gasteiger partial charge in [0.15, 0.2) is 16.6 Å².